The summed E-state index contributed by atoms with van der Waals surface area (Å²) in [6.07, 6.45) is 0. The number of benzene rings is 1. The van der Waals surface area contributed by atoms with Crippen LogP contribution in [0.3, 0.4) is 0 Å². The Morgan fingerprint density at radius 1 is 1.31 bits per heavy atom. The van der Waals surface area contributed by atoms with Crippen LogP contribution in [0.1, 0.15) is 10.5 Å². The SMILES string of the molecule is O=C(O)c1cc(-c2ccc(F)cc2F)on1. The zero-order valence-corrected chi connectivity index (χ0v) is 7.78. The average Bonchev–Trinajstić information content (AvgIpc) is 2.66. The normalized spacial score (nSPS) is 10.4. The van der Waals surface area contributed by atoms with E-state index in [9.17, 15) is 13.6 Å². The maximum Gasteiger partial charge on any atom is 0.358 e. The van der Waals surface area contributed by atoms with Crippen molar-refractivity contribution < 1.29 is 23.2 Å². The van der Waals surface area contributed by atoms with Crippen molar-refractivity contribution in [1.29, 1.82) is 0 Å². The number of aromatic carboxylic acids is 1. The van der Waals surface area contributed by atoms with Gasteiger partial charge < -0.3 is 9.63 Å². The van der Waals surface area contributed by atoms with Crippen molar-refractivity contribution in [3.63, 3.8) is 0 Å². The molecule has 6 heteroatoms. The van der Waals surface area contributed by atoms with Crippen LogP contribution < -0.4 is 0 Å². The van der Waals surface area contributed by atoms with Crippen LogP contribution in [0.25, 0.3) is 11.3 Å². The lowest BCUT2D eigenvalue weighted by molar-refractivity contribution is 0.0686. The molecule has 1 aromatic carbocycles. The van der Waals surface area contributed by atoms with Gasteiger partial charge in [-0.2, -0.15) is 0 Å². The molecule has 0 amide bonds. The van der Waals surface area contributed by atoms with Crippen molar-refractivity contribution in [2.45, 2.75) is 0 Å². The third kappa shape index (κ3) is 1.77. The van der Waals surface area contributed by atoms with Gasteiger partial charge in [0.1, 0.15) is 11.6 Å². The van der Waals surface area contributed by atoms with Crippen LogP contribution in [0.5, 0.6) is 0 Å². The van der Waals surface area contributed by atoms with Crippen molar-refractivity contribution in [3.8, 4) is 11.3 Å². The molecule has 4 nitrogen and oxygen atoms in total. The van der Waals surface area contributed by atoms with Gasteiger partial charge in [-0.1, -0.05) is 5.16 Å². The largest absolute Gasteiger partial charge is 0.476 e. The summed E-state index contributed by atoms with van der Waals surface area (Å²) in [5.41, 5.74) is -0.375. The highest BCUT2D eigenvalue weighted by Crippen LogP contribution is 2.24. The molecule has 0 atom stereocenters. The lowest BCUT2D eigenvalue weighted by Gasteiger charge is -1.97. The van der Waals surface area contributed by atoms with E-state index >= 15 is 0 Å². The Kier molecular flexibility index (Phi) is 2.40. The quantitative estimate of drug-likeness (QED) is 0.851. The summed E-state index contributed by atoms with van der Waals surface area (Å²) in [4.78, 5) is 10.5. The van der Waals surface area contributed by atoms with Gasteiger partial charge in [-0.15, -0.1) is 0 Å². The van der Waals surface area contributed by atoms with Crippen LogP contribution in [-0.4, -0.2) is 16.2 Å². The lowest BCUT2D eigenvalue weighted by Crippen LogP contribution is -1.94. The molecule has 1 N–H and O–H groups in total. The van der Waals surface area contributed by atoms with E-state index in [1.807, 2.05) is 0 Å². The highest BCUT2D eigenvalue weighted by molar-refractivity contribution is 5.86. The van der Waals surface area contributed by atoms with Crippen molar-refractivity contribution in [1.82, 2.24) is 5.16 Å². The topological polar surface area (TPSA) is 63.3 Å². The molecule has 0 saturated carbocycles. The first-order chi connectivity index (χ1) is 7.58. The summed E-state index contributed by atoms with van der Waals surface area (Å²) < 4.78 is 30.5. The molecule has 0 radical (unpaired) electrons. The third-order valence-corrected chi connectivity index (χ3v) is 1.93. The second-order valence-electron chi connectivity index (χ2n) is 3.01. The standard InChI is InChI=1S/C10H5F2NO3/c11-5-1-2-6(7(12)3-5)9-4-8(10(14)15)13-16-9/h1-4H,(H,14,15). The maximum absolute atomic E-state index is 13.3. The summed E-state index contributed by atoms with van der Waals surface area (Å²) in [7, 11) is 0. The van der Waals surface area contributed by atoms with Crippen molar-refractivity contribution in [2.75, 3.05) is 0 Å². The molecule has 0 spiro atoms. The number of nitrogens with zero attached hydrogens (tertiary/aromatic N) is 1. The molecule has 82 valence electrons. The fourth-order valence-corrected chi connectivity index (χ4v) is 1.19. The van der Waals surface area contributed by atoms with E-state index in [0.29, 0.717) is 6.07 Å². The molecule has 1 aromatic heterocycles. The second kappa shape index (κ2) is 3.73. The van der Waals surface area contributed by atoms with Gasteiger partial charge >= 0.3 is 5.97 Å². The van der Waals surface area contributed by atoms with E-state index < -0.39 is 17.6 Å². The first kappa shape index (κ1) is 10.3. The summed E-state index contributed by atoms with van der Waals surface area (Å²) in [6, 6.07) is 3.94. The van der Waals surface area contributed by atoms with Crippen LogP contribution in [0.2, 0.25) is 0 Å². The fourth-order valence-electron chi connectivity index (χ4n) is 1.19. The van der Waals surface area contributed by atoms with Crippen LogP contribution in [0, 0.1) is 11.6 Å². The molecule has 0 fully saturated rings. The van der Waals surface area contributed by atoms with Gasteiger partial charge in [0.15, 0.2) is 11.5 Å². The number of carbonyl (C=O) groups is 1. The van der Waals surface area contributed by atoms with Gasteiger partial charge in [0.2, 0.25) is 0 Å². The first-order valence-electron chi connectivity index (χ1n) is 4.23. The third-order valence-electron chi connectivity index (χ3n) is 1.93. The number of carboxylic acid groups (broad SMARTS) is 1. The maximum atomic E-state index is 13.3. The molecule has 0 aliphatic rings. The molecule has 0 unspecified atom stereocenters. The highest BCUT2D eigenvalue weighted by atomic mass is 19.1. The molecule has 2 rings (SSSR count). The summed E-state index contributed by atoms with van der Waals surface area (Å²) in [5.74, 6) is -2.90. The van der Waals surface area contributed by atoms with Gasteiger partial charge in [-0.3, -0.25) is 0 Å². The number of carboxylic acids is 1. The van der Waals surface area contributed by atoms with Crippen LogP contribution >= 0.6 is 0 Å². The van der Waals surface area contributed by atoms with E-state index in [1.54, 1.807) is 0 Å². The minimum Gasteiger partial charge on any atom is -0.476 e. The van der Waals surface area contributed by atoms with Gasteiger partial charge in [0.25, 0.3) is 0 Å². The number of hydrogen-bond acceptors (Lipinski definition) is 3. The molecule has 0 bridgehead atoms. The van der Waals surface area contributed by atoms with E-state index in [1.165, 1.54) is 0 Å². The fraction of sp³-hybridized carbons (Fsp3) is 0. The molecule has 16 heavy (non-hydrogen) atoms. The Bertz CT molecular complexity index is 551. The highest BCUT2D eigenvalue weighted by Gasteiger charge is 2.15. The van der Waals surface area contributed by atoms with Crippen LogP contribution in [-0.2, 0) is 0 Å². The summed E-state index contributed by atoms with van der Waals surface area (Å²) in [6.45, 7) is 0. The number of hydrogen-bond donors (Lipinski definition) is 1. The Labute approximate surface area is 88.1 Å². The van der Waals surface area contributed by atoms with Crippen LogP contribution in [0.4, 0.5) is 8.78 Å². The minimum atomic E-state index is -1.28. The number of rotatable bonds is 2. The van der Waals surface area contributed by atoms with Crippen molar-refractivity contribution in [3.05, 3.63) is 41.6 Å². The molecule has 0 aliphatic carbocycles. The molecule has 0 aliphatic heterocycles. The van der Waals surface area contributed by atoms with E-state index in [4.69, 9.17) is 5.11 Å². The smallest absolute Gasteiger partial charge is 0.358 e. The lowest BCUT2D eigenvalue weighted by atomic mass is 10.1. The zero-order chi connectivity index (χ0) is 11.7. The Balaban J connectivity index is 2.46. The van der Waals surface area contributed by atoms with Gasteiger partial charge in [-0.05, 0) is 12.1 Å². The van der Waals surface area contributed by atoms with Gasteiger partial charge in [0, 0.05) is 12.1 Å². The minimum absolute atomic E-state index is 0.0404. The predicted molar refractivity (Wildman–Crippen MR) is 48.8 cm³/mol. The second-order valence-corrected chi connectivity index (χ2v) is 3.01. The summed E-state index contributed by atoms with van der Waals surface area (Å²) >= 11 is 0. The monoisotopic (exact) mass is 225 g/mol. The average molecular weight is 225 g/mol. The molecule has 1 heterocycles. The number of halogens is 2. The van der Waals surface area contributed by atoms with E-state index in [2.05, 4.69) is 9.68 Å². The van der Waals surface area contributed by atoms with Crippen molar-refractivity contribution in [2.24, 2.45) is 0 Å². The van der Waals surface area contributed by atoms with Crippen LogP contribution in [0.15, 0.2) is 28.8 Å². The molecular formula is C10H5F2NO3. The predicted octanol–water partition coefficient (Wildman–Crippen LogP) is 2.32. The Hall–Kier alpha value is -2.24. The Morgan fingerprint density at radius 3 is 2.62 bits per heavy atom. The van der Waals surface area contributed by atoms with E-state index in [0.717, 1.165) is 18.2 Å². The molecule has 0 saturated heterocycles. The van der Waals surface area contributed by atoms with Gasteiger partial charge in [-0.25, -0.2) is 13.6 Å². The zero-order valence-electron chi connectivity index (χ0n) is 7.78. The molecular weight excluding hydrogens is 220 g/mol. The summed E-state index contributed by atoms with van der Waals surface area (Å²) in [5, 5.41) is 11.8. The van der Waals surface area contributed by atoms with Gasteiger partial charge in [0.05, 0.1) is 5.56 Å². The number of aromatic nitrogens is 1. The van der Waals surface area contributed by atoms with Crippen molar-refractivity contribution >= 4 is 5.97 Å². The molecule has 2 aromatic rings. The van der Waals surface area contributed by atoms with E-state index in [-0.39, 0.29) is 17.0 Å². The Morgan fingerprint density at radius 2 is 2.06 bits per heavy atom. The first-order valence-corrected chi connectivity index (χ1v) is 4.23.